The van der Waals surface area contributed by atoms with E-state index in [0.29, 0.717) is 5.76 Å². The maximum Gasteiger partial charge on any atom is 0.291 e. The highest BCUT2D eigenvalue weighted by Gasteiger charge is 2.31. The lowest BCUT2D eigenvalue weighted by Gasteiger charge is -2.39. The van der Waals surface area contributed by atoms with Gasteiger partial charge in [-0.2, -0.15) is 0 Å². The van der Waals surface area contributed by atoms with E-state index >= 15 is 0 Å². The summed E-state index contributed by atoms with van der Waals surface area (Å²) < 4.78 is 16.6. The van der Waals surface area contributed by atoms with Crippen molar-refractivity contribution in [1.29, 1.82) is 0 Å². The molecule has 5 rings (SSSR count). The third-order valence-electron chi connectivity index (χ3n) is 6.36. The molecule has 1 saturated heterocycles. The van der Waals surface area contributed by atoms with E-state index in [2.05, 4.69) is 47.2 Å². The van der Waals surface area contributed by atoms with E-state index in [-0.39, 0.29) is 18.7 Å². The number of rotatable bonds is 7. The molecule has 1 amide bonds. The summed E-state index contributed by atoms with van der Waals surface area (Å²) in [4.78, 5) is 19.1. The number of benzene rings is 1. The van der Waals surface area contributed by atoms with Crippen LogP contribution in [0.25, 0.3) is 0 Å². The summed E-state index contributed by atoms with van der Waals surface area (Å²) in [6.07, 6.45) is 2.43. The number of fused-ring (bicyclic) bond motifs is 1. The average molecular weight is 468 g/mol. The molecule has 2 aromatic heterocycles. The van der Waals surface area contributed by atoms with Crippen molar-refractivity contribution in [3.63, 3.8) is 0 Å². The van der Waals surface area contributed by atoms with Crippen LogP contribution >= 0.6 is 11.3 Å². The molecule has 2 aliphatic rings. The van der Waals surface area contributed by atoms with E-state index in [1.165, 1.54) is 11.1 Å². The molecule has 0 bridgehead atoms. The fourth-order valence-corrected chi connectivity index (χ4v) is 5.54. The van der Waals surface area contributed by atoms with Gasteiger partial charge in [-0.15, -0.1) is 11.3 Å². The normalized spacial score (nSPS) is 17.3. The van der Waals surface area contributed by atoms with Crippen LogP contribution in [0.3, 0.4) is 0 Å². The van der Waals surface area contributed by atoms with E-state index in [1.54, 1.807) is 23.5 Å². The highest BCUT2D eigenvalue weighted by atomic mass is 32.1. The Labute approximate surface area is 197 Å². The molecule has 174 valence electrons. The van der Waals surface area contributed by atoms with Gasteiger partial charge < -0.3 is 24.1 Å². The summed E-state index contributed by atoms with van der Waals surface area (Å²) >= 11 is 1.64. The molecule has 2 aliphatic heterocycles. The smallest absolute Gasteiger partial charge is 0.291 e. The van der Waals surface area contributed by atoms with Crippen molar-refractivity contribution in [2.75, 3.05) is 44.8 Å². The SMILES string of the molecule is CCc1cc([C@H](c2ccc3c(c2)OCO3)N2CCN(CC)CC2)c(NC(=O)c2ccco2)s1. The largest absolute Gasteiger partial charge is 0.459 e. The van der Waals surface area contributed by atoms with Gasteiger partial charge in [0.1, 0.15) is 5.00 Å². The monoisotopic (exact) mass is 467 g/mol. The molecule has 1 N–H and O–H groups in total. The molecule has 7 nitrogen and oxygen atoms in total. The standard InChI is InChI=1S/C25H29N3O4S/c1-3-18-15-19(25(33-18)26-24(29)21-6-5-13-30-21)23(28-11-9-27(4-2)10-12-28)17-7-8-20-22(14-17)32-16-31-20/h5-8,13-15,23H,3-4,9-12,16H2,1-2H3,(H,26,29)/t23-/m0/s1. The molecule has 4 heterocycles. The second-order valence-electron chi connectivity index (χ2n) is 8.27. The van der Waals surface area contributed by atoms with Gasteiger partial charge in [-0.05, 0) is 48.9 Å². The van der Waals surface area contributed by atoms with Crippen molar-refractivity contribution in [3.8, 4) is 11.5 Å². The Morgan fingerprint density at radius 1 is 1.09 bits per heavy atom. The number of amides is 1. The topological polar surface area (TPSA) is 67.2 Å². The first-order chi connectivity index (χ1) is 16.2. The van der Waals surface area contributed by atoms with E-state index < -0.39 is 0 Å². The minimum Gasteiger partial charge on any atom is -0.459 e. The fourth-order valence-electron chi connectivity index (χ4n) is 4.51. The van der Waals surface area contributed by atoms with Gasteiger partial charge in [-0.1, -0.05) is 19.9 Å². The molecule has 1 atom stereocenters. The lowest BCUT2D eigenvalue weighted by atomic mass is 9.96. The first-order valence-electron chi connectivity index (χ1n) is 11.5. The Hall–Kier alpha value is -2.81. The number of nitrogens with zero attached hydrogens (tertiary/aromatic N) is 2. The van der Waals surface area contributed by atoms with Crippen LogP contribution in [0.5, 0.6) is 11.5 Å². The first kappa shape index (κ1) is 22.0. The average Bonchev–Trinajstić information content (AvgIpc) is 3.61. The van der Waals surface area contributed by atoms with Crippen molar-refractivity contribution < 1.29 is 18.7 Å². The Kier molecular flexibility index (Phi) is 6.39. The van der Waals surface area contributed by atoms with Crippen LogP contribution in [0.1, 0.15) is 46.4 Å². The Morgan fingerprint density at radius 3 is 2.64 bits per heavy atom. The molecule has 0 spiro atoms. The number of thiophene rings is 1. The van der Waals surface area contributed by atoms with Gasteiger partial charge in [0, 0.05) is 36.6 Å². The molecular formula is C25H29N3O4S. The lowest BCUT2D eigenvalue weighted by Crippen LogP contribution is -2.47. The minimum absolute atomic E-state index is 0.00181. The number of furan rings is 1. The molecule has 0 aliphatic carbocycles. The number of anilines is 1. The predicted octanol–water partition coefficient (Wildman–Crippen LogP) is 4.61. The van der Waals surface area contributed by atoms with Crippen LogP contribution in [0, 0.1) is 0 Å². The highest BCUT2D eigenvalue weighted by molar-refractivity contribution is 7.16. The highest BCUT2D eigenvalue weighted by Crippen LogP contribution is 2.43. The van der Waals surface area contributed by atoms with Crippen LogP contribution in [0.15, 0.2) is 47.1 Å². The zero-order valence-corrected chi connectivity index (χ0v) is 19.8. The number of hydrogen-bond acceptors (Lipinski definition) is 7. The Bertz CT molecular complexity index is 1100. The molecule has 8 heteroatoms. The summed E-state index contributed by atoms with van der Waals surface area (Å²) in [5.41, 5.74) is 2.25. The Morgan fingerprint density at radius 2 is 1.91 bits per heavy atom. The van der Waals surface area contributed by atoms with Gasteiger partial charge in [0.25, 0.3) is 5.91 Å². The van der Waals surface area contributed by atoms with Gasteiger partial charge >= 0.3 is 0 Å². The van der Waals surface area contributed by atoms with Crippen molar-refractivity contribution in [3.05, 3.63) is 64.4 Å². The van der Waals surface area contributed by atoms with Crippen molar-refractivity contribution in [2.45, 2.75) is 26.3 Å². The van der Waals surface area contributed by atoms with Crippen molar-refractivity contribution in [1.82, 2.24) is 9.80 Å². The van der Waals surface area contributed by atoms with Gasteiger partial charge in [0.15, 0.2) is 17.3 Å². The number of piperazine rings is 1. The summed E-state index contributed by atoms with van der Waals surface area (Å²) in [5, 5.41) is 3.99. The molecule has 1 fully saturated rings. The molecule has 3 aromatic rings. The summed E-state index contributed by atoms with van der Waals surface area (Å²) in [5.74, 6) is 1.63. The van der Waals surface area contributed by atoms with E-state index in [1.807, 2.05) is 6.07 Å². The van der Waals surface area contributed by atoms with Crippen LogP contribution < -0.4 is 14.8 Å². The van der Waals surface area contributed by atoms with Crippen LogP contribution in [-0.2, 0) is 6.42 Å². The number of carbonyl (C=O) groups excluding carboxylic acids is 1. The second kappa shape index (κ2) is 9.59. The number of likely N-dealkylation sites (N-methyl/N-ethyl adjacent to an activating group) is 1. The number of ether oxygens (including phenoxy) is 2. The van der Waals surface area contributed by atoms with Crippen LogP contribution in [0.2, 0.25) is 0 Å². The Balaban J connectivity index is 1.53. The quantitative estimate of drug-likeness (QED) is 0.547. The zero-order valence-electron chi connectivity index (χ0n) is 19.0. The number of aryl methyl sites for hydroxylation is 1. The van der Waals surface area contributed by atoms with Crippen molar-refractivity contribution in [2.24, 2.45) is 0 Å². The summed E-state index contributed by atoms with van der Waals surface area (Å²) in [6.45, 7) is 9.62. The molecule has 33 heavy (non-hydrogen) atoms. The van der Waals surface area contributed by atoms with Gasteiger partial charge in [-0.25, -0.2) is 0 Å². The van der Waals surface area contributed by atoms with E-state index in [4.69, 9.17) is 13.9 Å². The van der Waals surface area contributed by atoms with E-state index in [9.17, 15) is 4.79 Å². The van der Waals surface area contributed by atoms with Crippen LogP contribution in [0.4, 0.5) is 5.00 Å². The molecule has 1 aromatic carbocycles. The third kappa shape index (κ3) is 4.51. The van der Waals surface area contributed by atoms with Gasteiger partial charge in [0.2, 0.25) is 6.79 Å². The number of hydrogen-bond donors (Lipinski definition) is 1. The van der Waals surface area contributed by atoms with Crippen LogP contribution in [-0.4, -0.2) is 55.2 Å². The minimum atomic E-state index is -0.231. The maximum absolute atomic E-state index is 12.8. The van der Waals surface area contributed by atoms with E-state index in [0.717, 1.165) is 66.8 Å². The summed E-state index contributed by atoms with van der Waals surface area (Å²) in [7, 11) is 0. The molecule has 0 radical (unpaired) electrons. The molecule has 0 unspecified atom stereocenters. The van der Waals surface area contributed by atoms with Gasteiger partial charge in [0.05, 0.1) is 12.3 Å². The van der Waals surface area contributed by atoms with Gasteiger partial charge in [-0.3, -0.25) is 9.69 Å². The summed E-state index contributed by atoms with van der Waals surface area (Å²) in [6, 6.07) is 11.8. The van der Waals surface area contributed by atoms with Crippen molar-refractivity contribution >= 4 is 22.2 Å². The first-order valence-corrected chi connectivity index (χ1v) is 12.3. The third-order valence-corrected chi connectivity index (χ3v) is 7.57. The lowest BCUT2D eigenvalue weighted by molar-refractivity contribution is 0.0995. The molecular weight excluding hydrogens is 438 g/mol. The zero-order chi connectivity index (χ0) is 22.8. The fraction of sp³-hybridized carbons (Fsp3) is 0.400. The maximum atomic E-state index is 12.8. The second-order valence-corrected chi connectivity index (χ2v) is 9.40. The predicted molar refractivity (Wildman–Crippen MR) is 128 cm³/mol. The number of nitrogens with one attached hydrogen (secondary N) is 1. The molecule has 0 saturated carbocycles. The number of carbonyl (C=O) groups is 1.